The minimum absolute atomic E-state index is 0.130. The largest absolute Gasteiger partial charge is 0.339 e. The lowest BCUT2D eigenvalue weighted by Gasteiger charge is -2.27. The highest BCUT2D eigenvalue weighted by molar-refractivity contribution is 7.80. The number of nitrogens with zero attached hydrogens (tertiary/aromatic N) is 1. The number of aryl methyl sites for hydroxylation is 1. The molecule has 11 heteroatoms. The van der Waals surface area contributed by atoms with Crippen molar-refractivity contribution in [1.82, 2.24) is 10.6 Å². The Kier molecular flexibility index (Phi) is 7.42. The molecule has 0 aliphatic heterocycles. The predicted octanol–water partition coefficient (Wildman–Crippen LogP) is 4.32. The van der Waals surface area contributed by atoms with Crippen molar-refractivity contribution in [2.24, 2.45) is 0 Å². The number of carbonyl (C=O) groups is 1. The Morgan fingerprint density at radius 1 is 1.14 bits per heavy atom. The van der Waals surface area contributed by atoms with Crippen LogP contribution in [0.5, 0.6) is 0 Å². The molecule has 3 N–H and O–H groups in total. The normalized spacial score (nSPS) is 12.0. The molecule has 0 heterocycles. The third-order valence-corrected chi connectivity index (χ3v) is 4.37. The van der Waals surface area contributed by atoms with Crippen molar-refractivity contribution in [2.75, 3.05) is 5.32 Å². The Morgan fingerprint density at radius 2 is 1.79 bits per heavy atom. The number of rotatable bonds is 5. The van der Waals surface area contributed by atoms with Gasteiger partial charge in [-0.3, -0.25) is 14.9 Å². The molecule has 7 nitrogen and oxygen atoms in total. The average molecular weight is 462 g/mol. The van der Waals surface area contributed by atoms with Gasteiger partial charge in [0.25, 0.3) is 11.6 Å². The Labute approximate surface area is 181 Å². The highest BCUT2D eigenvalue weighted by Gasteiger charge is 2.35. The first kappa shape index (κ1) is 22.2. The molecule has 1 atom stereocenters. The molecular formula is C17H15Cl3N4O3S. The molecule has 1 unspecified atom stereocenters. The fraction of sp³-hybridized carbons (Fsp3) is 0.176. The number of thiocarbonyl (C=S) groups is 1. The van der Waals surface area contributed by atoms with Gasteiger partial charge in [-0.25, -0.2) is 0 Å². The Hall–Kier alpha value is -2.13. The number of hydrogen-bond donors (Lipinski definition) is 3. The zero-order chi connectivity index (χ0) is 20.9. The maximum Gasteiger partial charge on any atom is 0.269 e. The van der Waals surface area contributed by atoms with Gasteiger partial charge in [-0.1, -0.05) is 46.9 Å². The van der Waals surface area contributed by atoms with E-state index >= 15 is 0 Å². The number of benzene rings is 2. The van der Waals surface area contributed by atoms with E-state index in [4.69, 9.17) is 47.0 Å². The van der Waals surface area contributed by atoms with Crippen molar-refractivity contribution in [1.29, 1.82) is 0 Å². The van der Waals surface area contributed by atoms with E-state index in [1.54, 1.807) is 6.07 Å². The van der Waals surface area contributed by atoms with E-state index in [0.717, 1.165) is 11.3 Å². The average Bonchev–Trinajstić information content (AvgIpc) is 2.60. The number of carbonyl (C=O) groups excluding carboxylic acids is 1. The summed E-state index contributed by atoms with van der Waals surface area (Å²) in [7, 11) is 0. The summed E-state index contributed by atoms with van der Waals surface area (Å²) in [5.74, 6) is -0.600. The number of anilines is 1. The highest BCUT2D eigenvalue weighted by Crippen LogP contribution is 2.29. The van der Waals surface area contributed by atoms with Crippen LogP contribution in [0.3, 0.4) is 0 Å². The van der Waals surface area contributed by atoms with E-state index in [2.05, 4.69) is 16.0 Å². The van der Waals surface area contributed by atoms with Crippen molar-refractivity contribution < 1.29 is 9.72 Å². The number of nitro groups is 1. The molecule has 0 fully saturated rings. The van der Waals surface area contributed by atoms with Crippen LogP contribution in [0.15, 0.2) is 48.5 Å². The number of alkyl halides is 3. The highest BCUT2D eigenvalue weighted by atomic mass is 35.6. The van der Waals surface area contributed by atoms with Crippen LogP contribution in [0.1, 0.15) is 15.9 Å². The summed E-state index contributed by atoms with van der Waals surface area (Å²) in [5.41, 5.74) is 1.76. The molecule has 0 bridgehead atoms. The van der Waals surface area contributed by atoms with E-state index in [0.29, 0.717) is 0 Å². The molecule has 0 aliphatic carbocycles. The van der Waals surface area contributed by atoms with Gasteiger partial charge in [0.15, 0.2) is 5.11 Å². The number of non-ortho nitro benzene ring substituents is 1. The molecule has 0 saturated heterocycles. The van der Waals surface area contributed by atoms with Crippen LogP contribution in [-0.2, 0) is 0 Å². The van der Waals surface area contributed by atoms with Crippen molar-refractivity contribution in [3.05, 3.63) is 69.8 Å². The third kappa shape index (κ3) is 6.49. The molecule has 1 amide bonds. The van der Waals surface area contributed by atoms with Crippen LogP contribution in [0.4, 0.5) is 11.4 Å². The molecule has 0 radical (unpaired) electrons. The third-order valence-electron chi connectivity index (χ3n) is 3.49. The van der Waals surface area contributed by atoms with Crippen LogP contribution in [0, 0.1) is 17.0 Å². The number of nitrogens with one attached hydrogen (secondary N) is 3. The fourth-order valence-corrected chi connectivity index (χ4v) is 2.73. The number of nitro benzene ring substituents is 1. The van der Waals surface area contributed by atoms with Crippen LogP contribution >= 0.6 is 47.0 Å². The van der Waals surface area contributed by atoms with Gasteiger partial charge in [-0.2, -0.15) is 0 Å². The summed E-state index contributed by atoms with van der Waals surface area (Å²) in [6, 6.07) is 12.5. The van der Waals surface area contributed by atoms with Crippen molar-refractivity contribution >= 4 is 69.4 Å². The molecule has 0 spiro atoms. The molecule has 0 aliphatic rings. The molecule has 0 aromatic heterocycles. The summed E-state index contributed by atoms with van der Waals surface area (Å²) >= 11 is 23.1. The maximum atomic E-state index is 12.4. The number of halogens is 3. The zero-order valence-electron chi connectivity index (χ0n) is 14.4. The Morgan fingerprint density at radius 3 is 2.32 bits per heavy atom. The van der Waals surface area contributed by atoms with Gasteiger partial charge in [0, 0.05) is 23.4 Å². The van der Waals surface area contributed by atoms with Gasteiger partial charge in [-0.15, -0.1) is 0 Å². The first-order valence-corrected chi connectivity index (χ1v) is 9.36. The Balaban J connectivity index is 2.07. The van der Waals surface area contributed by atoms with E-state index in [9.17, 15) is 14.9 Å². The second-order valence-electron chi connectivity index (χ2n) is 5.72. The molecule has 28 heavy (non-hydrogen) atoms. The first-order valence-electron chi connectivity index (χ1n) is 7.82. The molecule has 2 rings (SSSR count). The second-order valence-corrected chi connectivity index (χ2v) is 8.50. The lowest BCUT2D eigenvalue weighted by atomic mass is 10.2. The van der Waals surface area contributed by atoms with Gasteiger partial charge < -0.3 is 16.0 Å². The quantitative estimate of drug-likeness (QED) is 0.202. The molecule has 0 saturated carbocycles. The minimum Gasteiger partial charge on any atom is -0.339 e. The van der Waals surface area contributed by atoms with Crippen molar-refractivity contribution in [3.63, 3.8) is 0 Å². The van der Waals surface area contributed by atoms with Crippen molar-refractivity contribution in [2.45, 2.75) is 16.9 Å². The standard InChI is InChI=1S/C17H15Cl3N4O3S/c1-10-3-2-4-12(9-10)21-16(28)23-15(17(18,19)20)22-14(25)11-5-7-13(8-6-11)24(26)27/h2-9,15H,1H3,(H,22,25)(H2,21,23,28). The lowest BCUT2D eigenvalue weighted by molar-refractivity contribution is -0.384. The van der Waals surface area contributed by atoms with E-state index < -0.39 is 20.8 Å². The van der Waals surface area contributed by atoms with E-state index in [-0.39, 0.29) is 16.4 Å². The summed E-state index contributed by atoms with van der Waals surface area (Å²) < 4.78 is -1.92. The van der Waals surface area contributed by atoms with Gasteiger partial charge >= 0.3 is 0 Å². The summed E-state index contributed by atoms with van der Waals surface area (Å²) in [6.07, 6.45) is -1.16. The molecule has 148 valence electrons. The lowest BCUT2D eigenvalue weighted by Crippen LogP contribution is -2.56. The monoisotopic (exact) mass is 460 g/mol. The van der Waals surface area contributed by atoms with Gasteiger partial charge in [0.1, 0.15) is 6.17 Å². The van der Waals surface area contributed by atoms with Gasteiger partial charge in [0.05, 0.1) is 4.92 Å². The van der Waals surface area contributed by atoms with Crippen molar-refractivity contribution in [3.8, 4) is 0 Å². The summed E-state index contributed by atoms with van der Waals surface area (Å²) in [6.45, 7) is 1.93. The number of amides is 1. The Bertz CT molecular complexity index is 888. The fourth-order valence-electron chi connectivity index (χ4n) is 2.17. The predicted molar refractivity (Wildman–Crippen MR) is 115 cm³/mol. The van der Waals surface area contributed by atoms with Crippen LogP contribution in [0.2, 0.25) is 0 Å². The topological polar surface area (TPSA) is 96.3 Å². The minimum atomic E-state index is -1.92. The number of hydrogen-bond acceptors (Lipinski definition) is 4. The van der Waals surface area contributed by atoms with E-state index in [1.807, 2.05) is 25.1 Å². The second kappa shape index (κ2) is 9.38. The zero-order valence-corrected chi connectivity index (χ0v) is 17.5. The maximum absolute atomic E-state index is 12.4. The first-order chi connectivity index (χ1) is 13.1. The summed E-state index contributed by atoms with van der Waals surface area (Å²) in [5, 5.41) is 19.0. The molecular weight excluding hydrogens is 447 g/mol. The van der Waals surface area contributed by atoms with Crippen LogP contribution in [-0.4, -0.2) is 25.9 Å². The summed E-state index contributed by atoms with van der Waals surface area (Å²) in [4.78, 5) is 22.5. The smallest absolute Gasteiger partial charge is 0.269 e. The van der Waals surface area contributed by atoms with E-state index in [1.165, 1.54) is 24.3 Å². The van der Waals surface area contributed by atoms with Crippen LogP contribution in [0.25, 0.3) is 0 Å². The molecule has 2 aromatic rings. The van der Waals surface area contributed by atoms with Gasteiger partial charge in [-0.05, 0) is 49.0 Å². The van der Waals surface area contributed by atoms with Crippen LogP contribution < -0.4 is 16.0 Å². The van der Waals surface area contributed by atoms with Gasteiger partial charge in [0.2, 0.25) is 3.79 Å². The SMILES string of the molecule is Cc1cccc(NC(=S)NC(NC(=O)c2ccc([N+](=O)[O-])cc2)C(Cl)(Cl)Cl)c1. The molecule has 2 aromatic carbocycles.